The van der Waals surface area contributed by atoms with Crippen LogP contribution < -0.4 is 0 Å². The Labute approximate surface area is 214 Å². The minimum Gasteiger partial charge on any atom is -0.465 e. The summed E-state index contributed by atoms with van der Waals surface area (Å²) in [7, 11) is 1.42. The maximum atomic E-state index is 11.8. The van der Waals surface area contributed by atoms with E-state index in [9.17, 15) is 4.79 Å². The second-order valence-electron chi connectivity index (χ2n) is 11.7. The van der Waals surface area contributed by atoms with E-state index in [-0.39, 0.29) is 16.8 Å². The number of unbranched alkanes of at least 4 members (excludes halogenated alkanes) is 5. The van der Waals surface area contributed by atoms with Crippen LogP contribution in [0.3, 0.4) is 0 Å². The fourth-order valence-corrected chi connectivity index (χ4v) is 5.91. The molecular weight excluding hydrogens is 428 g/mol. The van der Waals surface area contributed by atoms with Crippen molar-refractivity contribution in [3.05, 3.63) is 69.8 Å². The molecule has 1 aliphatic carbocycles. The fourth-order valence-electron chi connectivity index (χ4n) is 5.91. The van der Waals surface area contributed by atoms with Gasteiger partial charge in [-0.1, -0.05) is 104 Å². The highest BCUT2D eigenvalue weighted by molar-refractivity contribution is 5.90. The summed E-state index contributed by atoms with van der Waals surface area (Å²) in [4.78, 5) is 11.8. The summed E-state index contributed by atoms with van der Waals surface area (Å²) >= 11 is 0. The summed E-state index contributed by atoms with van der Waals surface area (Å²) in [6.45, 7) is 16.6. The fraction of sp³-hybridized carbons (Fsp3) is 0.545. The topological polar surface area (TPSA) is 26.3 Å². The highest BCUT2D eigenvalue weighted by Gasteiger charge is 2.48. The molecule has 0 aromatic heterocycles. The van der Waals surface area contributed by atoms with Crippen molar-refractivity contribution in [2.75, 3.05) is 7.11 Å². The Balaban J connectivity index is 1.97. The van der Waals surface area contributed by atoms with Gasteiger partial charge in [0.15, 0.2) is 0 Å². The van der Waals surface area contributed by atoms with Crippen LogP contribution >= 0.6 is 0 Å². The molecule has 0 aliphatic heterocycles. The number of methoxy groups -OCH3 is 1. The van der Waals surface area contributed by atoms with Crippen LogP contribution in [0.25, 0.3) is 11.6 Å². The van der Waals surface area contributed by atoms with Gasteiger partial charge in [-0.15, -0.1) is 0 Å². The Morgan fingerprint density at radius 1 is 0.914 bits per heavy atom. The molecule has 2 aromatic carbocycles. The summed E-state index contributed by atoms with van der Waals surface area (Å²) in [6.07, 6.45) is 11.3. The van der Waals surface area contributed by atoms with E-state index in [1.54, 1.807) is 0 Å². The number of allylic oxidation sites excluding steroid dienone is 1. The molecule has 190 valence electrons. The number of esters is 1. The lowest BCUT2D eigenvalue weighted by molar-refractivity contribution is 0.0600. The first kappa shape index (κ1) is 27.2. The molecule has 0 spiro atoms. The maximum absolute atomic E-state index is 11.8. The van der Waals surface area contributed by atoms with Gasteiger partial charge in [-0.3, -0.25) is 0 Å². The van der Waals surface area contributed by atoms with Crippen molar-refractivity contribution >= 4 is 17.6 Å². The van der Waals surface area contributed by atoms with Crippen LogP contribution in [0.15, 0.2) is 36.4 Å². The molecule has 0 N–H and O–H groups in total. The van der Waals surface area contributed by atoms with Gasteiger partial charge in [0, 0.05) is 0 Å². The predicted octanol–water partition coefficient (Wildman–Crippen LogP) is 9.14. The van der Waals surface area contributed by atoms with E-state index in [1.165, 1.54) is 73.5 Å². The Kier molecular flexibility index (Phi) is 8.67. The van der Waals surface area contributed by atoms with Gasteiger partial charge in [-0.2, -0.15) is 0 Å². The van der Waals surface area contributed by atoms with E-state index in [2.05, 4.69) is 66.7 Å². The van der Waals surface area contributed by atoms with Crippen molar-refractivity contribution in [3.63, 3.8) is 0 Å². The van der Waals surface area contributed by atoms with E-state index in [0.29, 0.717) is 11.5 Å². The standard InChI is InChI=1S/C33H46O2/c1-9-10-11-12-13-14-15-27-21-29-30(33(6,7)24(3)32(29,4)5)22-28(27)23(2)20-25-16-18-26(19-17-25)31(34)35-8/h16-22,24H,9-15H2,1-8H3. The first-order valence-electron chi connectivity index (χ1n) is 13.6. The maximum Gasteiger partial charge on any atom is 0.337 e. The smallest absolute Gasteiger partial charge is 0.337 e. The van der Waals surface area contributed by atoms with Crippen LogP contribution in [-0.2, 0) is 22.0 Å². The predicted molar refractivity (Wildman–Crippen MR) is 150 cm³/mol. The zero-order valence-corrected chi connectivity index (χ0v) is 23.4. The number of ether oxygens (including phenoxy) is 1. The van der Waals surface area contributed by atoms with Crippen LogP contribution in [0.5, 0.6) is 0 Å². The molecule has 0 saturated heterocycles. The number of rotatable bonds is 10. The lowest BCUT2D eigenvalue weighted by atomic mass is 9.71. The summed E-state index contributed by atoms with van der Waals surface area (Å²) in [5, 5.41) is 0. The molecule has 0 heterocycles. The highest BCUT2D eigenvalue weighted by Crippen LogP contribution is 2.54. The van der Waals surface area contributed by atoms with Crippen LogP contribution in [-0.4, -0.2) is 13.1 Å². The number of carbonyl (C=O) groups excluding carboxylic acids is 1. The minimum atomic E-state index is -0.295. The number of fused-ring (bicyclic) bond motifs is 1. The van der Waals surface area contributed by atoms with Gasteiger partial charge < -0.3 is 4.74 Å². The number of hydrogen-bond acceptors (Lipinski definition) is 2. The summed E-state index contributed by atoms with van der Waals surface area (Å²) in [5.41, 5.74) is 9.21. The monoisotopic (exact) mass is 474 g/mol. The van der Waals surface area contributed by atoms with Crippen molar-refractivity contribution in [1.29, 1.82) is 0 Å². The molecule has 0 fully saturated rings. The molecular formula is C33H46O2. The summed E-state index contributed by atoms with van der Waals surface area (Å²) in [6, 6.07) is 12.7. The number of carbonyl (C=O) groups is 1. The number of hydrogen-bond donors (Lipinski definition) is 0. The molecule has 2 aromatic rings. The van der Waals surface area contributed by atoms with E-state index in [0.717, 1.165) is 12.0 Å². The number of aryl methyl sites for hydroxylation is 1. The molecule has 3 rings (SSSR count). The van der Waals surface area contributed by atoms with Crippen LogP contribution in [0.2, 0.25) is 0 Å². The molecule has 0 saturated carbocycles. The van der Waals surface area contributed by atoms with Crippen molar-refractivity contribution in [1.82, 2.24) is 0 Å². The van der Waals surface area contributed by atoms with Gasteiger partial charge in [0.2, 0.25) is 0 Å². The molecule has 0 amide bonds. The molecule has 35 heavy (non-hydrogen) atoms. The van der Waals surface area contributed by atoms with Gasteiger partial charge in [0.25, 0.3) is 0 Å². The van der Waals surface area contributed by atoms with Gasteiger partial charge in [-0.25, -0.2) is 4.79 Å². The first-order valence-corrected chi connectivity index (χ1v) is 13.6. The molecule has 1 unspecified atom stereocenters. The zero-order valence-electron chi connectivity index (χ0n) is 23.4. The SMILES string of the molecule is CCCCCCCCc1cc2c(cc1C(C)=Cc1ccc(C(=O)OC)cc1)C(C)(C)C(C)C2(C)C. The van der Waals surface area contributed by atoms with Crippen molar-refractivity contribution < 1.29 is 9.53 Å². The Hall–Kier alpha value is -2.35. The first-order chi connectivity index (χ1) is 16.5. The molecule has 0 bridgehead atoms. The van der Waals surface area contributed by atoms with Crippen molar-refractivity contribution in [2.24, 2.45) is 5.92 Å². The van der Waals surface area contributed by atoms with E-state index < -0.39 is 0 Å². The summed E-state index contributed by atoms with van der Waals surface area (Å²) < 4.78 is 4.84. The van der Waals surface area contributed by atoms with Crippen LogP contribution in [0.4, 0.5) is 0 Å². The third kappa shape index (κ3) is 5.74. The minimum absolute atomic E-state index is 0.148. The van der Waals surface area contributed by atoms with Crippen LogP contribution in [0, 0.1) is 5.92 Å². The zero-order chi connectivity index (χ0) is 25.8. The third-order valence-electron chi connectivity index (χ3n) is 8.74. The molecule has 0 radical (unpaired) electrons. The lowest BCUT2D eigenvalue weighted by Gasteiger charge is -2.32. The average molecular weight is 475 g/mol. The van der Waals surface area contributed by atoms with Gasteiger partial charge in [0.1, 0.15) is 0 Å². The summed E-state index contributed by atoms with van der Waals surface area (Å²) in [5.74, 6) is 0.286. The van der Waals surface area contributed by atoms with Gasteiger partial charge in [0.05, 0.1) is 12.7 Å². The van der Waals surface area contributed by atoms with E-state index >= 15 is 0 Å². The average Bonchev–Trinajstić information content (AvgIpc) is 2.97. The molecule has 2 nitrogen and oxygen atoms in total. The Bertz CT molecular complexity index is 1050. The second-order valence-corrected chi connectivity index (χ2v) is 11.7. The number of benzene rings is 2. The van der Waals surface area contributed by atoms with Gasteiger partial charge in [-0.05, 0) is 82.0 Å². The molecule has 1 atom stereocenters. The molecule has 1 aliphatic rings. The highest BCUT2D eigenvalue weighted by atomic mass is 16.5. The van der Waals surface area contributed by atoms with Gasteiger partial charge >= 0.3 is 5.97 Å². The van der Waals surface area contributed by atoms with Crippen molar-refractivity contribution in [2.45, 2.75) is 104 Å². The Morgan fingerprint density at radius 3 is 2.09 bits per heavy atom. The Morgan fingerprint density at radius 2 is 1.49 bits per heavy atom. The normalized spacial score (nSPS) is 18.4. The molecule has 2 heteroatoms. The quantitative estimate of drug-likeness (QED) is 0.195. The van der Waals surface area contributed by atoms with Crippen molar-refractivity contribution in [3.8, 4) is 0 Å². The van der Waals surface area contributed by atoms with E-state index in [1.807, 2.05) is 24.3 Å². The van der Waals surface area contributed by atoms with E-state index in [4.69, 9.17) is 4.74 Å². The third-order valence-corrected chi connectivity index (χ3v) is 8.74. The second kappa shape index (κ2) is 11.1. The largest absolute Gasteiger partial charge is 0.465 e. The van der Waals surface area contributed by atoms with Crippen LogP contribution in [0.1, 0.15) is 125 Å². The lowest BCUT2D eigenvalue weighted by Crippen LogP contribution is -2.30.